The number of para-hydroxylation sites is 3. The number of ether oxygens (including phenoxy) is 1. The fourth-order valence-electron chi connectivity index (χ4n) is 4.08. The van der Waals surface area contributed by atoms with Crippen molar-refractivity contribution in [2.45, 2.75) is 65.5 Å². The van der Waals surface area contributed by atoms with Crippen molar-refractivity contribution in [3.8, 4) is 11.4 Å². The molecule has 1 atom stereocenters. The summed E-state index contributed by atoms with van der Waals surface area (Å²) in [6.07, 6.45) is 2.39. The number of rotatable bonds is 8. The summed E-state index contributed by atoms with van der Waals surface area (Å²) >= 11 is 0. The second-order valence-corrected chi connectivity index (χ2v) is 9.45. The second-order valence-electron chi connectivity index (χ2n) is 9.45. The lowest BCUT2D eigenvalue weighted by Gasteiger charge is -2.35. The third kappa shape index (κ3) is 5.41. The van der Waals surface area contributed by atoms with Gasteiger partial charge in [0.15, 0.2) is 0 Å². The Balaban J connectivity index is 2.29. The van der Waals surface area contributed by atoms with Gasteiger partial charge in [-0.2, -0.15) is 0 Å². The van der Waals surface area contributed by atoms with Crippen LogP contribution in [0.25, 0.3) is 16.6 Å². The predicted octanol–water partition coefficient (Wildman–Crippen LogP) is 5.46. The summed E-state index contributed by atoms with van der Waals surface area (Å²) in [4.78, 5) is 34.0. The zero-order valence-electron chi connectivity index (χ0n) is 21.1. The van der Waals surface area contributed by atoms with E-state index in [0.29, 0.717) is 41.1 Å². The van der Waals surface area contributed by atoms with E-state index >= 15 is 0 Å². The van der Waals surface area contributed by atoms with Crippen LogP contribution in [-0.2, 0) is 0 Å². The summed E-state index contributed by atoms with van der Waals surface area (Å²) in [7, 11) is 1.58. The molecule has 0 aliphatic carbocycles. The van der Waals surface area contributed by atoms with E-state index in [1.165, 1.54) is 0 Å². The van der Waals surface area contributed by atoms with Crippen LogP contribution < -0.4 is 15.6 Å². The number of hydrogen-bond donors (Lipinski definition) is 1. The maximum Gasteiger partial charge on any atom is 0.318 e. The summed E-state index contributed by atoms with van der Waals surface area (Å²) in [6.45, 7) is 10.6. The molecular formula is C27H36N4O3. The first-order valence-electron chi connectivity index (χ1n) is 12.0. The Kier molecular flexibility index (Phi) is 7.97. The average Bonchev–Trinajstić information content (AvgIpc) is 2.80. The number of carbonyl (C=O) groups excluding carboxylic acids is 1. The van der Waals surface area contributed by atoms with Crippen LogP contribution in [-0.4, -0.2) is 39.7 Å². The zero-order chi connectivity index (χ0) is 24.9. The zero-order valence-corrected chi connectivity index (χ0v) is 21.1. The minimum absolute atomic E-state index is 0.165. The molecule has 0 fully saturated rings. The van der Waals surface area contributed by atoms with E-state index in [1.54, 1.807) is 17.7 Å². The van der Waals surface area contributed by atoms with Crippen molar-refractivity contribution in [2.75, 3.05) is 13.7 Å². The summed E-state index contributed by atoms with van der Waals surface area (Å²) in [5.41, 5.74) is 0.640. The largest absolute Gasteiger partial charge is 0.495 e. The number of urea groups is 1. The van der Waals surface area contributed by atoms with Gasteiger partial charge in [0.2, 0.25) is 0 Å². The second kappa shape index (κ2) is 10.7. The Morgan fingerprint density at radius 1 is 1.12 bits per heavy atom. The van der Waals surface area contributed by atoms with E-state index in [0.717, 1.165) is 12.8 Å². The van der Waals surface area contributed by atoms with Crippen molar-refractivity contribution < 1.29 is 9.53 Å². The molecule has 0 spiro atoms. The van der Waals surface area contributed by atoms with Crippen LogP contribution in [0, 0.1) is 0 Å². The third-order valence-corrected chi connectivity index (χ3v) is 5.68. The highest BCUT2D eigenvalue weighted by molar-refractivity contribution is 5.79. The summed E-state index contributed by atoms with van der Waals surface area (Å²) in [5, 5.41) is 3.61. The van der Waals surface area contributed by atoms with E-state index in [4.69, 9.17) is 9.72 Å². The van der Waals surface area contributed by atoms with Gasteiger partial charge in [-0.05, 0) is 57.9 Å². The van der Waals surface area contributed by atoms with Gasteiger partial charge in [0, 0.05) is 12.1 Å². The number of nitrogens with zero attached hydrogens (tertiary/aromatic N) is 3. The number of hydrogen-bond acceptors (Lipinski definition) is 4. The van der Waals surface area contributed by atoms with E-state index in [-0.39, 0.29) is 17.1 Å². The molecule has 1 N–H and O–H groups in total. The van der Waals surface area contributed by atoms with Crippen molar-refractivity contribution >= 4 is 16.9 Å². The standard InChI is InChI=1S/C27H36N4O3/c1-7-9-18-30(26(33)29-27(3,4)5)21(8-2)24-28-20-15-11-10-14-19(20)25(32)31(24)22-16-12-13-17-23(22)34-6/h10-17,21H,7-9,18H2,1-6H3,(H,29,33). The quantitative estimate of drug-likeness (QED) is 0.481. The molecule has 182 valence electrons. The monoisotopic (exact) mass is 464 g/mol. The van der Waals surface area contributed by atoms with Crippen LogP contribution in [0.15, 0.2) is 53.3 Å². The molecule has 0 aliphatic heterocycles. The minimum Gasteiger partial charge on any atom is -0.495 e. The maximum absolute atomic E-state index is 13.8. The van der Waals surface area contributed by atoms with E-state index < -0.39 is 6.04 Å². The van der Waals surface area contributed by atoms with Gasteiger partial charge >= 0.3 is 6.03 Å². The number of unbranched alkanes of at least 4 members (excludes halogenated alkanes) is 1. The van der Waals surface area contributed by atoms with Gasteiger partial charge in [0.25, 0.3) is 5.56 Å². The number of amides is 2. The van der Waals surface area contributed by atoms with Crippen LogP contribution >= 0.6 is 0 Å². The number of benzene rings is 2. The highest BCUT2D eigenvalue weighted by Crippen LogP contribution is 2.30. The number of nitrogens with one attached hydrogen (secondary N) is 1. The number of aromatic nitrogens is 2. The predicted molar refractivity (Wildman–Crippen MR) is 137 cm³/mol. The Bertz CT molecular complexity index is 1200. The topological polar surface area (TPSA) is 76.5 Å². The van der Waals surface area contributed by atoms with Gasteiger partial charge in [-0.1, -0.05) is 44.5 Å². The average molecular weight is 465 g/mol. The Labute approximate surface area is 201 Å². The molecule has 2 amide bonds. The van der Waals surface area contributed by atoms with E-state index in [9.17, 15) is 9.59 Å². The van der Waals surface area contributed by atoms with Crippen molar-refractivity contribution in [3.63, 3.8) is 0 Å². The Morgan fingerprint density at radius 3 is 2.44 bits per heavy atom. The summed E-state index contributed by atoms with van der Waals surface area (Å²) in [6, 6.07) is 14.1. The lowest BCUT2D eigenvalue weighted by Crippen LogP contribution is -2.50. The fraction of sp³-hybridized carbons (Fsp3) is 0.444. The smallest absolute Gasteiger partial charge is 0.318 e. The number of fused-ring (bicyclic) bond motifs is 1. The molecule has 1 heterocycles. The first-order valence-corrected chi connectivity index (χ1v) is 12.0. The number of methoxy groups -OCH3 is 1. The fourth-order valence-corrected chi connectivity index (χ4v) is 4.08. The van der Waals surface area contributed by atoms with E-state index in [1.807, 2.05) is 75.1 Å². The SMILES string of the molecule is CCCCN(C(=O)NC(C)(C)C)C(CC)c1nc2ccccc2c(=O)n1-c1ccccc1OC. The highest BCUT2D eigenvalue weighted by Gasteiger charge is 2.31. The molecule has 2 aromatic carbocycles. The van der Waals surface area contributed by atoms with Crippen LogP contribution in [0.3, 0.4) is 0 Å². The van der Waals surface area contributed by atoms with Gasteiger partial charge in [-0.25, -0.2) is 9.78 Å². The van der Waals surface area contributed by atoms with Crippen molar-refractivity contribution in [1.82, 2.24) is 19.8 Å². The lowest BCUT2D eigenvalue weighted by atomic mass is 10.1. The molecule has 7 heteroatoms. The molecule has 7 nitrogen and oxygen atoms in total. The van der Waals surface area contributed by atoms with Gasteiger partial charge < -0.3 is 15.0 Å². The molecule has 1 aromatic heterocycles. The van der Waals surface area contributed by atoms with Crippen molar-refractivity contribution in [2.24, 2.45) is 0 Å². The lowest BCUT2D eigenvalue weighted by molar-refractivity contribution is 0.159. The molecule has 0 aliphatic rings. The summed E-state index contributed by atoms with van der Waals surface area (Å²) < 4.78 is 7.20. The summed E-state index contributed by atoms with van der Waals surface area (Å²) in [5.74, 6) is 1.09. The van der Waals surface area contributed by atoms with Crippen molar-refractivity contribution in [3.05, 3.63) is 64.7 Å². The molecule has 0 saturated heterocycles. The van der Waals surface area contributed by atoms with E-state index in [2.05, 4.69) is 12.2 Å². The van der Waals surface area contributed by atoms with Crippen LogP contribution in [0.1, 0.15) is 65.7 Å². The van der Waals surface area contributed by atoms with Gasteiger partial charge in [-0.15, -0.1) is 0 Å². The molecule has 1 unspecified atom stereocenters. The van der Waals surface area contributed by atoms with Gasteiger partial charge in [0.1, 0.15) is 11.6 Å². The molecule has 34 heavy (non-hydrogen) atoms. The molecule has 0 bridgehead atoms. The normalized spacial score (nSPS) is 12.4. The Hall–Kier alpha value is -3.35. The van der Waals surface area contributed by atoms with Crippen molar-refractivity contribution in [1.29, 1.82) is 0 Å². The highest BCUT2D eigenvalue weighted by atomic mass is 16.5. The van der Waals surface area contributed by atoms with Gasteiger partial charge in [0.05, 0.1) is 29.7 Å². The Morgan fingerprint density at radius 2 is 1.79 bits per heavy atom. The van der Waals surface area contributed by atoms with Crippen LogP contribution in [0.4, 0.5) is 4.79 Å². The third-order valence-electron chi connectivity index (χ3n) is 5.68. The maximum atomic E-state index is 13.8. The van der Waals surface area contributed by atoms with Crippen LogP contribution in [0.5, 0.6) is 5.75 Å². The van der Waals surface area contributed by atoms with Gasteiger partial charge in [-0.3, -0.25) is 9.36 Å². The number of carbonyl (C=O) groups is 1. The first-order chi connectivity index (χ1) is 16.2. The molecular weight excluding hydrogens is 428 g/mol. The molecule has 0 radical (unpaired) electrons. The van der Waals surface area contributed by atoms with Crippen LogP contribution in [0.2, 0.25) is 0 Å². The molecule has 3 rings (SSSR count). The first kappa shape index (κ1) is 25.3. The molecule has 3 aromatic rings. The molecule has 0 saturated carbocycles. The minimum atomic E-state index is -0.406.